The Morgan fingerprint density at radius 3 is 2.56 bits per heavy atom. The summed E-state index contributed by atoms with van der Waals surface area (Å²) in [5.41, 5.74) is 2.93. The summed E-state index contributed by atoms with van der Waals surface area (Å²) in [5, 5.41) is 21.0. The second-order valence-corrected chi connectivity index (χ2v) is 4.96. The van der Waals surface area contributed by atoms with Gasteiger partial charge in [-0.2, -0.15) is 0 Å². The van der Waals surface area contributed by atoms with Crippen molar-refractivity contribution in [3.05, 3.63) is 40.5 Å². The van der Waals surface area contributed by atoms with Gasteiger partial charge in [-0.05, 0) is 0 Å². The van der Waals surface area contributed by atoms with Crippen molar-refractivity contribution < 1.29 is 14.8 Å². The Labute approximate surface area is 108 Å². The Balaban J connectivity index is 2.80. The van der Waals surface area contributed by atoms with Gasteiger partial charge in [0.05, 0.1) is 0 Å². The molecule has 4 heteroatoms. The van der Waals surface area contributed by atoms with Crippen LogP contribution >= 0.6 is 8.08 Å². The minimum atomic E-state index is -0.892. The van der Waals surface area contributed by atoms with Gasteiger partial charge in [-0.15, -0.1) is 0 Å². The van der Waals surface area contributed by atoms with Gasteiger partial charge in [0.1, 0.15) is 0 Å². The van der Waals surface area contributed by atoms with Gasteiger partial charge in [0.2, 0.25) is 0 Å². The van der Waals surface area contributed by atoms with Crippen LogP contribution in [0.3, 0.4) is 0 Å². The van der Waals surface area contributed by atoms with E-state index in [1.807, 2.05) is 26.0 Å². The summed E-state index contributed by atoms with van der Waals surface area (Å²) >= 11 is 0. The molecular formula is C14H16O3P+. The van der Waals surface area contributed by atoms with E-state index in [0.717, 1.165) is 12.0 Å². The van der Waals surface area contributed by atoms with Gasteiger partial charge in [-0.1, -0.05) is 0 Å². The molecule has 0 amide bonds. The normalized spacial score (nSPS) is 18.8. The molecule has 0 saturated heterocycles. The molecular weight excluding hydrogens is 247 g/mol. The molecule has 1 aliphatic carbocycles. The van der Waals surface area contributed by atoms with E-state index in [-0.39, 0.29) is 13.8 Å². The third kappa shape index (κ3) is 1.88. The Morgan fingerprint density at radius 1 is 1.28 bits per heavy atom. The number of aliphatic hydroxyl groups is 2. The van der Waals surface area contributed by atoms with Crippen LogP contribution in [0.15, 0.2) is 23.8 Å². The molecule has 0 fully saturated rings. The monoisotopic (exact) mass is 263 g/mol. The van der Waals surface area contributed by atoms with E-state index in [9.17, 15) is 14.8 Å². The first-order valence-electron chi connectivity index (χ1n) is 6.08. The molecule has 2 N–H and O–H groups in total. The molecule has 0 heterocycles. The maximum absolute atomic E-state index is 11.2. The van der Waals surface area contributed by atoms with E-state index in [0.29, 0.717) is 28.4 Å². The quantitative estimate of drug-likeness (QED) is 0.803. The fraction of sp³-hybridized carbons (Fsp3) is 0.357. The first-order chi connectivity index (χ1) is 8.65. The summed E-state index contributed by atoms with van der Waals surface area (Å²) in [5.74, 6) is 0.161. The molecule has 0 spiro atoms. The predicted octanol–water partition coefficient (Wildman–Crippen LogP) is 3.44. The van der Waals surface area contributed by atoms with Gasteiger partial charge in [0.15, 0.2) is 0 Å². The van der Waals surface area contributed by atoms with E-state index in [1.54, 1.807) is 6.07 Å². The Bertz CT molecular complexity index is 568. The molecule has 1 aromatic carbocycles. The molecule has 0 radical (unpaired) electrons. The second-order valence-electron chi connectivity index (χ2n) is 4.29. The average Bonchev–Trinajstić information content (AvgIpc) is 2.41. The van der Waals surface area contributed by atoms with Crippen molar-refractivity contribution in [1.82, 2.24) is 0 Å². The van der Waals surface area contributed by atoms with Crippen LogP contribution in [0.25, 0.3) is 5.76 Å². The maximum atomic E-state index is 11.2. The second kappa shape index (κ2) is 5.21. The first kappa shape index (κ1) is 13.3. The zero-order chi connectivity index (χ0) is 13.3. The Kier molecular flexibility index (Phi) is 3.84. The van der Waals surface area contributed by atoms with Crippen LogP contribution in [-0.2, 0) is 11.0 Å². The summed E-state index contributed by atoms with van der Waals surface area (Å²) in [4.78, 5) is 0. The van der Waals surface area contributed by atoms with Gasteiger partial charge in [-0.25, -0.2) is 0 Å². The summed E-state index contributed by atoms with van der Waals surface area (Å²) in [7, 11) is -0.233. The number of hydrogen-bond acceptors (Lipinski definition) is 3. The molecule has 0 saturated carbocycles. The molecule has 0 aliphatic heterocycles. The van der Waals surface area contributed by atoms with Crippen LogP contribution in [-0.4, -0.2) is 15.5 Å². The molecule has 1 atom stereocenters. The van der Waals surface area contributed by atoms with E-state index < -0.39 is 6.10 Å². The van der Waals surface area contributed by atoms with E-state index in [4.69, 9.17) is 0 Å². The van der Waals surface area contributed by atoms with Gasteiger partial charge in [0, 0.05) is 0 Å². The summed E-state index contributed by atoms with van der Waals surface area (Å²) in [6, 6.07) is 5.56. The Hall–Kier alpha value is -1.18. The Morgan fingerprint density at radius 2 is 2.00 bits per heavy atom. The van der Waals surface area contributed by atoms with E-state index in [1.165, 1.54) is 0 Å². The number of fused-ring (bicyclic) bond motifs is 1. The third-order valence-corrected chi connectivity index (χ3v) is 4.11. The van der Waals surface area contributed by atoms with Crippen molar-refractivity contribution in [3.8, 4) is 0 Å². The van der Waals surface area contributed by atoms with E-state index >= 15 is 0 Å². The van der Waals surface area contributed by atoms with Crippen molar-refractivity contribution in [3.63, 3.8) is 0 Å². The fourth-order valence-electron chi connectivity index (χ4n) is 2.47. The SMILES string of the molecule is CCC1=C(O)c2c(CC)cccc2C(O)C1=[P+]=O. The predicted molar refractivity (Wildman–Crippen MR) is 73.2 cm³/mol. The van der Waals surface area contributed by atoms with Crippen LogP contribution in [0, 0.1) is 0 Å². The molecule has 1 aliphatic rings. The first-order valence-corrected chi connectivity index (χ1v) is 6.89. The molecule has 94 valence electrons. The van der Waals surface area contributed by atoms with Crippen molar-refractivity contribution in [2.24, 2.45) is 0 Å². The number of benzene rings is 1. The number of hydrogen-bond donors (Lipinski definition) is 2. The van der Waals surface area contributed by atoms with Crippen LogP contribution in [0.4, 0.5) is 0 Å². The summed E-state index contributed by atoms with van der Waals surface area (Å²) < 4.78 is 11.2. The molecule has 0 bridgehead atoms. The summed E-state index contributed by atoms with van der Waals surface area (Å²) in [6.07, 6.45) is 0.434. The molecule has 0 aromatic heterocycles. The number of aryl methyl sites for hydroxylation is 1. The van der Waals surface area contributed by atoms with Crippen LogP contribution in [0.1, 0.15) is 43.1 Å². The van der Waals surface area contributed by atoms with E-state index in [2.05, 4.69) is 0 Å². The third-order valence-electron chi connectivity index (χ3n) is 3.40. The zero-order valence-electron chi connectivity index (χ0n) is 10.5. The molecule has 3 nitrogen and oxygen atoms in total. The van der Waals surface area contributed by atoms with Crippen LogP contribution in [0.2, 0.25) is 0 Å². The average molecular weight is 263 g/mol. The molecule has 2 rings (SSSR count). The molecule has 18 heavy (non-hydrogen) atoms. The van der Waals surface area contributed by atoms with Gasteiger partial charge >= 0.3 is 107 Å². The number of rotatable bonds is 2. The van der Waals surface area contributed by atoms with Crippen LogP contribution in [0.5, 0.6) is 0 Å². The van der Waals surface area contributed by atoms with Crippen molar-refractivity contribution in [1.29, 1.82) is 0 Å². The minimum absolute atomic E-state index is 0.161. The topological polar surface area (TPSA) is 57.5 Å². The van der Waals surface area contributed by atoms with Gasteiger partial charge < -0.3 is 0 Å². The van der Waals surface area contributed by atoms with Crippen molar-refractivity contribution >= 4 is 19.1 Å². The zero-order valence-corrected chi connectivity index (χ0v) is 11.4. The number of aliphatic hydroxyl groups excluding tert-OH is 2. The van der Waals surface area contributed by atoms with Crippen molar-refractivity contribution in [2.45, 2.75) is 32.8 Å². The fourth-order valence-corrected chi connectivity index (χ4v) is 3.08. The standard InChI is InChI=1S/C14H15O3P/c1-3-8-6-5-7-10-11(8)12(15)9(4-2)14(18-17)13(10)16/h5-7,13,16H,3-4H2,1-2H3/p+1. The molecule has 1 unspecified atom stereocenters. The molecule has 1 aromatic rings. The summed E-state index contributed by atoms with van der Waals surface area (Å²) in [6.45, 7) is 3.88. The van der Waals surface area contributed by atoms with Gasteiger partial charge in [-0.3, -0.25) is 0 Å². The van der Waals surface area contributed by atoms with Crippen molar-refractivity contribution in [2.75, 3.05) is 0 Å². The van der Waals surface area contributed by atoms with Crippen LogP contribution < -0.4 is 0 Å². The van der Waals surface area contributed by atoms with Gasteiger partial charge in [0.25, 0.3) is 0 Å².